The number of pyridine rings is 1. The van der Waals surface area contributed by atoms with Crippen LogP contribution in [0.25, 0.3) is 0 Å². The normalized spacial score (nSPS) is 26.6. The largest absolute Gasteiger partial charge is 0.370 e. The summed E-state index contributed by atoms with van der Waals surface area (Å²) in [6, 6.07) is 13.4. The summed E-state index contributed by atoms with van der Waals surface area (Å²) >= 11 is 8.65. The van der Waals surface area contributed by atoms with E-state index in [1.54, 1.807) is 0 Å². The number of amidine groups is 1. The van der Waals surface area contributed by atoms with Crippen molar-refractivity contribution in [1.82, 2.24) is 9.88 Å². The molecule has 4 heterocycles. The Labute approximate surface area is 176 Å². The Balaban J connectivity index is 1.54. The zero-order valence-electron chi connectivity index (χ0n) is 16.1. The second-order valence-corrected chi connectivity index (χ2v) is 9.14. The Kier molecular flexibility index (Phi) is 4.97. The number of nitrogens with zero attached hydrogens (tertiary/aromatic N) is 4. The van der Waals surface area contributed by atoms with Crippen LogP contribution < -0.4 is 4.90 Å². The summed E-state index contributed by atoms with van der Waals surface area (Å²) in [7, 11) is 0. The van der Waals surface area contributed by atoms with Crippen molar-refractivity contribution in [1.29, 1.82) is 0 Å². The van der Waals surface area contributed by atoms with E-state index in [-0.39, 0.29) is 12.1 Å². The summed E-state index contributed by atoms with van der Waals surface area (Å²) < 4.78 is 0. The number of hydrogen-bond donors (Lipinski definition) is 0. The quantitative estimate of drug-likeness (QED) is 0.680. The van der Waals surface area contributed by atoms with Crippen LogP contribution in [0.1, 0.15) is 49.5 Å². The van der Waals surface area contributed by atoms with Gasteiger partial charge in [-0.05, 0) is 49.1 Å². The molecule has 3 aliphatic heterocycles. The molecule has 5 rings (SSSR count). The van der Waals surface area contributed by atoms with Gasteiger partial charge in [-0.3, -0.25) is 9.98 Å². The standard InChI is InChI=1S/C22H25ClN4S/c1-2-16-14-28-22-25-20(18-7-3-4-10-24-18)21(27(16)22)15-8-9-19(17(23)13-15)26-11-5-6-12-26/h3-4,7-10,13,16,20-21H,2,5-6,11-12,14H2,1H3/t16-,20-,21-/m1/s1. The van der Waals surface area contributed by atoms with Crippen molar-refractivity contribution in [2.75, 3.05) is 23.7 Å². The average Bonchev–Trinajstić information content (AvgIpc) is 3.45. The van der Waals surface area contributed by atoms with Crippen LogP contribution in [-0.2, 0) is 0 Å². The van der Waals surface area contributed by atoms with Gasteiger partial charge in [-0.25, -0.2) is 0 Å². The molecule has 0 radical (unpaired) electrons. The predicted molar refractivity (Wildman–Crippen MR) is 118 cm³/mol. The van der Waals surface area contributed by atoms with E-state index >= 15 is 0 Å². The molecule has 146 valence electrons. The number of aliphatic imine (C=N–C) groups is 1. The molecule has 0 spiro atoms. The van der Waals surface area contributed by atoms with Crippen molar-refractivity contribution in [3.05, 3.63) is 58.9 Å². The number of rotatable bonds is 4. The summed E-state index contributed by atoms with van der Waals surface area (Å²) in [5.41, 5.74) is 3.44. The number of hydrogen-bond acceptors (Lipinski definition) is 5. The molecule has 0 amide bonds. The smallest absolute Gasteiger partial charge is 0.160 e. The van der Waals surface area contributed by atoms with Crippen LogP contribution in [0.15, 0.2) is 47.6 Å². The van der Waals surface area contributed by atoms with E-state index in [9.17, 15) is 0 Å². The Morgan fingerprint density at radius 2 is 2.04 bits per heavy atom. The third-order valence-electron chi connectivity index (χ3n) is 6.09. The first-order chi connectivity index (χ1) is 13.8. The van der Waals surface area contributed by atoms with Crippen LogP contribution in [0.3, 0.4) is 0 Å². The second kappa shape index (κ2) is 7.60. The minimum Gasteiger partial charge on any atom is -0.370 e. The van der Waals surface area contributed by atoms with Gasteiger partial charge in [0, 0.05) is 31.1 Å². The molecule has 3 atom stereocenters. The van der Waals surface area contributed by atoms with Gasteiger partial charge in [-0.15, -0.1) is 0 Å². The summed E-state index contributed by atoms with van der Waals surface area (Å²) in [6.07, 6.45) is 5.49. The molecule has 1 aromatic heterocycles. The van der Waals surface area contributed by atoms with Gasteiger partial charge >= 0.3 is 0 Å². The molecule has 0 bridgehead atoms. The van der Waals surface area contributed by atoms with E-state index in [4.69, 9.17) is 16.6 Å². The topological polar surface area (TPSA) is 31.7 Å². The molecule has 0 saturated carbocycles. The SMILES string of the molecule is CC[C@@H]1CSC2=N[C@H](c3ccccn3)[C@@H](c3ccc(N4CCCC4)c(Cl)c3)N21. The molecule has 2 fully saturated rings. The maximum Gasteiger partial charge on any atom is 0.160 e. The van der Waals surface area contributed by atoms with Crippen molar-refractivity contribution in [2.24, 2.45) is 4.99 Å². The highest BCUT2D eigenvalue weighted by molar-refractivity contribution is 8.14. The van der Waals surface area contributed by atoms with E-state index in [1.165, 1.54) is 24.1 Å². The minimum absolute atomic E-state index is 0.0201. The van der Waals surface area contributed by atoms with Crippen molar-refractivity contribution in [2.45, 2.75) is 44.3 Å². The molecule has 0 aliphatic carbocycles. The molecular weight excluding hydrogens is 388 g/mol. The van der Waals surface area contributed by atoms with Crippen LogP contribution in [0.2, 0.25) is 5.02 Å². The third kappa shape index (κ3) is 3.09. The van der Waals surface area contributed by atoms with Crippen LogP contribution in [0.5, 0.6) is 0 Å². The molecule has 4 nitrogen and oxygen atoms in total. The highest BCUT2D eigenvalue weighted by atomic mass is 35.5. The summed E-state index contributed by atoms with van der Waals surface area (Å²) in [5.74, 6) is 1.11. The lowest BCUT2D eigenvalue weighted by Gasteiger charge is -2.32. The lowest BCUT2D eigenvalue weighted by Crippen LogP contribution is -2.35. The van der Waals surface area contributed by atoms with Crippen molar-refractivity contribution < 1.29 is 0 Å². The number of aromatic nitrogens is 1. The van der Waals surface area contributed by atoms with Crippen LogP contribution in [0, 0.1) is 0 Å². The average molecular weight is 413 g/mol. The Hall–Kier alpha value is -1.72. The number of anilines is 1. The molecule has 28 heavy (non-hydrogen) atoms. The van der Waals surface area contributed by atoms with E-state index in [2.05, 4.69) is 52.0 Å². The third-order valence-corrected chi connectivity index (χ3v) is 7.52. The molecule has 2 saturated heterocycles. The zero-order valence-corrected chi connectivity index (χ0v) is 17.7. The first-order valence-electron chi connectivity index (χ1n) is 10.2. The number of halogens is 1. The summed E-state index contributed by atoms with van der Waals surface area (Å²) in [5, 5.41) is 2.01. The van der Waals surface area contributed by atoms with E-state index in [0.29, 0.717) is 6.04 Å². The van der Waals surface area contributed by atoms with E-state index < -0.39 is 0 Å². The van der Waals surface area contributed by atoms with Gasteiger partial charge in [-0.2, -0.15) is 0 Å². The van der Waals surface area contributed by atoms with Gasteiger partial charge in [0.2, 0.25) is 0 Å². The summed E-state index contributed by atoms with van der Waals surface area (Å²) in [6.45, 7) is 4.47. The molecule has 3 aliphatic rings. The molecule has 2 aromatic rings. The van der Waals surface area contributed by atoms with Gasteiger partial charge in [0.15, 0.2) is 5.17 Å². The highest BCUT2D eigenvalue weighted by Gasteiger charge is 2.45. The monoisotopic (exact) mass is 412 g/mol. The molecular formula is C22H25ClN4S. The van der Waals surface area contributed by atoms with Gasteiger partial charge in [-0.1, -0.05) is 42.4 Å². The Morgan fingerprint density at radius 1 is 1.18 bits per heavy atom. The first kappa shape index (κ1) is 18.3. The fraction of sp³-hybridized carbons (Fsp3) is 0.455. The molecule has 6 heteroatoms. The van der Waals surface area contributed by atoms with Crippen molar-refractivity contribution in [3.63, 3.8) is 0 Å². The molecule has 0 unspecified atom stereocenters. The second-order valence-electron chi connectivity index (χ2n) is 7.74. The lowest BCUT2D eigenvalue weighted by atomic mass is 9.95. The fourth-order valence-corrected chi connectivity index (χ4v) is 6.28. The molecule has 0 N–H and O–H groups in total. The van der Waals surface area contributed by atoms with E-state index in [0.717, 1.165) is 41.1 Å². The van der Waals surface area contributed by atoms with E-state index in [1.807, 2.05) is 24.0 Å². The molecule has 1 aromatic carbocycles. The summed E-state index contributed by atoms with van der Waals surface area (Å²) in [4.78, 5) is 14.7. The van der Waals surface area contributed by atoms with Gasteiger partial charge in [0.05, 0.1) is 22.4 Å². The van der Waals surface area contributed by atoms with Crippen LogP contribution in [-0.4, -0.2) is 39.9 Å². The maximum absolute atomic E-state index is 6.78. The van der Waals surface area contributed by atoms with Gasteiger partial charge in [0.25, 0.3) is 0 Å². The van der Waals surface area contributed by atoms with Crippen molar-refractivity contribution >= 4 is 34.2 Å². The number of fused-ring (bicyclic) bond motifs is 1. The van der Waals surface area contributed by atoms with Crippen LogP contribution >= 0.6 is 23.4 Å². The minimum atomic E-state index is 0.0201. The van der Waals surface area contributed by atoms with Crippen molar-refractivity contribution in [3.8, 4) is 0 Å². The highest BCUT2D eigenvalue weighted by Crippen LogP contribution is 2.49. The zero-order chi connectivity index (χ0) is 19.1. The van der Waals surface area contributed by atoms with Crippen LogP contribution in [0.4, 0.5) is 5.69 Å². The first-order valence-corrected chi connectivity index (χ1v) is 11.6. The predicted octanol–water partition coefficient (Wildman–Crippen LogP) is 5.31. The van der Waals surface area contributed by atoms with Gasteiger partial charge < -0.3 is 9.80 Å². The Morgan fingerprint density at radius 3 is 2.75 bits per heavy atom. The fourth-order valence-electron chi connectivity index (χ4n) is 4.63. The maximum atomic E-state index is 6.78. The lowest BCUT2D eigenvalue weighted by molar-refractivity contribution is 0.255. The number of benzene rings is 1. The Bertz CT molecular complexity index is 881. The van der Waals surface area contributed by atoms with Gasteiger partial charge in [0.1, 0.15) is 6.04 Å². The number of thioether (sulfide) groups is 1.